The van der Waals surface area contributed by atoms with Gasteiger partial charge in [0.05, 0.1) is 0 Å². The highest BCUT2D eigenvalue weighted by atomic mass is 16.7. The first-order valence-corrected chi connectivity index (χ1v) is 7.84. The Morgan fingerprint density at radius 1 is 1.17 bits per heavy atom. The smallest absolute Gasteiger partial charge is 0.324 e. The predicted molar refractivity (Wildman–Crippen MR) is 85.1 cm³/mol. The summed E-state index contributed by atoms with van der Waals surface area (Å²) in [6.07, 6.45) is 0.523. The summed E-state index contributed by atoms with van der Waals surface area (Å²) >= 11 is 0. The lowest BCUT2D eigenvalue weighted by Gasteiger charge is -2.41. The zero-order valence-corrected chi connectivity index (χ0v) is 14.5. The van der Waals surface area contributed by atoms with E-state index in [1.807, 2.05) is 13.8 Å². The van der Waals surface area contributed by atoms with Gasteiger partial charge in [0.1, 0.15) is 5.75 Å². The molecule has 1 heterocycles. The number of hydrogen-bond acceptors (Lipinski definition) is 6. The van der Waals surface area contributed by atoms with Crippen molar-refractivity contribution in [3.05, 3.63) is 29.8 Å². The van der Waals surface area contributed by atoms with Gasteiger partial charge in [0, 0.05) is 26.2 Å². The molecule has 6 heteroatoms. The molecule has 6 nitrogen and oxygen atoms in total. The van der Waals surface area contributed by atoms with Crippen LogP contribution < -0.4 is 4.74 Å². The van der Waals surface area contributed by atoms with Gasteiger partial charge in [-0.1, -0.05) is 26.0 Å². The minimum Gasteiger partial charge on any atom is -0.427 e. The molecule has 0 N–H and O–H groups in total. The van der Waals surface area contributed by atoms with Crippen molar-refractivity contribution in [3.8, 4) is 5.75 Å². The maximum Gasteiger partial charge on any atom is 0.324 e. The molecule has 1 atom stereocenters. The largest absolute Gasteiger partial charge is 0.427 e. The van der Waals surface area contributed by atoms with Crippen molar-refractivity contribution in [1.82, 2.24) is 0 Å². The number of carbonyl (C=O) groups excluding carboxylic acids is 3. The second kappa shape index (κ2) is 6.26. The second-order valence-electron chi connectivity index (χ2n) is 6.56. The van der Waals surface area contributed by atoms with Crippen LogP contribution in [0.25, 0.3) is 0 Å². The number of hydrogen-bond donors (Lipinski definition) is 0. The lowest BCUT2D eigenvalue weighted by Crippen LogP contribution is -2.53. The third-order valence-electron chi connectivity index (χ3n) is 4.31. The van der Waals surface area contributed by atoms with Crippen molar-refractivity contribution in [1.29, 1.82) is 0 Å². The van der Waals surface area contributed by atoms with Gasteiger partial charge in [0.25, 0.3) is 5.79 Å². The molecule has 0 saturated carbocycles. The Balaban J connectivity index is 2.35. The normalized spacial score (nSPS) is 19.9. The van der Waals surface area contributed by atoms with E-state index in [1.165, 1.54) is 20.8 Å². The van der Waals surface area contributed by atoms with E-state index in [9.17, 15) is 14.4 Å². The van der Waals surface area contributed by atoms with Crippen LogP contribution in [0.2, 0.25) is 0 Å². The highest BCUT2D eigenvalue weighted by Crippen LogP contribution is 2.41. The third kappa shape index (κ3) is 3.42. The second-order valence-corrected chi connectivity index (χ2v) is 6.56. The Kier molecular flexibility index (Phi) is 4.69. The Labute approximate surface area is 141 Å². The fraction of sp³-hybridized carbons (Fsp3) is 0.500. The molecule has 0 radical (unpaired) electrons. The van der Waals surface area contributed by atoms with Crippen LogP contribution in [0.15, 0.2) is 24.3 Å². The highest BCUT2D eigenvalue weighted by molar-refractivity contribution is 5.98. The van der Waals surface area contributed by atoms with Gasteiger partial charge in [0.2, 0.25) is 0 Å². The Morgan fingerprint density at radius 3 is 2.08 bits per heavy atom. The summed E-state index contributed by atoms with van der Waals surface area (Å²) in [5.74, 6) is -3.50. The monoisotopic (exact) mass is 334 g/mol. The summed E-state index contributed by atoms with van der Waals surface area (Å²) in [7, 11) is 0. The summed E-state index contributed by atoms with van der Waals surface area (Å²) in [6, 6.07) is 6.74. The van der Waals surface area contributed by atoms with Gasteiger partial charge in [-0.05, 0) is 24.1 Å². The van der Waals surface area contributed by atoms with E-state index >= 15 is 0 Å². The number of esters is 3. The van der Waals surface area contributed by atoms with E-state index in [0.29, 0.717) is 12.2 Å². The molecule has 1 aliphatic rings. The average Bonchev–Trinajstić information content (AvgIpc) is 2.44. The first-order chi connectivity index (χ1) is 11.1. The van der Waals surface area contributed by atoms with Gasteiger partial charge >= 0.3 is 17.9 Å². The van der Waals surface area contributed by atoms with Gasteiger partial charge in [0.15, 0.2) is 5.92 Å². The molecular formula is C18H22O6. The van der Waals surface area contributed by atoms with Crippen LogP contribution in [0.5, 0.6) is 5.75 Å². The first kappa shape index (κ1) is 18.0. The number of cyclic esters (lactones) is 2. The molecule has 0 bridgehead atoms. The van der Waals surface area contributed by atoms with Crippen LogP contribution in [-0.2, 0) is 29.3 Å². The lowest BCUT2D eigenvalue weighted by atomic mass is 9.69. The molecular weight excluding hydrogens is 312 g/mol. The zero-order chi connectivity index (χ0) is 18.1. The number of benzene rings is 1. The summed E-state index contributed by atoms with van der Waals surface area (Å²) < 4.78 is 15.5. The molecule has 0 aromatic heterocycles. The first-order valence-electron chi connectivity index (χ1n) is 7.84. The molecule has 0 amide bonds. The number of ether oxygens (including phenoxy) is 3. The zero-order valence-electron chi connectivity index (χ0n) is 14.5. The van der Waals surface area contributed by atoms with E-state index in [0.717, 1.165) is 5.56 Å². The molecule has 0 aliphatic carbocycles. The Bertz CT molecular complexity index is 641. The van der Waals surface area contributed by atoms with Crippen LogP contribution in [-0.4, -0.2) is 23.7 Å². The topological polar surface area (TPSA) is 78.9 Å². The Morgan fingerprint density at radius 2 is 1.67 bits per heavy atom. The minimum absolute atomic E-state index is 0.402. The van der Waals surface area contributed by atoms with Gasteiger partial charge < -0.3 is 14.2 Å². The van der Waals surface area contributed by atoms with E-state index < -0.39 is 35.0 Å². The van der Waals surface area contributed by atoms with Crippen molar-refractivity contribution in [3.63, 3.8) is 0 Å². The SMILES string of the molecule is CC[C@@](C)(c1ccc(OC(C)=O)cc1)C1C(=O)OC(C)(C)OC1=O. The summed E-state index contributed by atoms with van der Waals surface area (Å²) in [5.41, 5.74) is -0.0288. The van der Waals surface area contributed by atoms with Crippen LogP contribution in [0.1, 0.15) is 46.6 Å². The molecule has 1 aliphatic heterocycles. The molecule has 1 aromatic carbocycles. The lowest BCUT2D eigenvalue weighted by molar-refractivity contribution is -0.243. The van der Waals surface area contributed by atoms with Gasteiger partial charge in [-0.25, -0.2) is 0 Å². The fourth-order valence-electron chi connectivity index (χ4n) is 2.88. The molecule has 2 rings (SSSR count). The number of carbonyl (C=O) groups is 3. The van der Waals surface area contributed by atoms with E-state index in [4.69, 9.17) is 14.2 Å². The van der Waals surface area contributed by atoms with Crippen molar-refractivity contribution in [2.45, 2.75) is 52.2 Å². The summed E-state index contributed by atoms with van der Waals surface area (Å²) in [5, 5.41) is 0. The average molecular weight is 334 g/mol. The van der Waals surface area contributed by atoms with Crippen LogP contribution in [0.3, 0.4) is 0 Å². The van der Waals surface area contributed by atoms with Crippen LogP contribution in [0, 0.1) is 5.92 Å². The molecule has 0 unspecified atom stereocenters. The third-order valence-corrected chi connectivity index (χ3v) is 4.31. The van der Waals surface area contributed by atoms with Gasteiger partial charge in [-0.3, -0.25) is 14.4 Å². The predicted octanol–water partition coefficient (Wildman–Crippen LogP) is 2.73. The molecule has 1 saturated heterocycles. The minimum atomic E-state index is -1.25. The molecule has 0 spiro atoms. The molecule has 130 valence electrons. The van der Waals surface area contributed by atoms with Crippen molar-refractivity contribution < 1.29 is 28.6 Å². The summed E-state index contributed by atoms with van der Waals surface area (Å²) in [4.78, 5) is 35.8. The van der Waals surface area contributed by atoms with E-state index in [-0.39, 0.29) is 0 Å². The quantitative estimate of drug-likeness (QED) is 0.478. The standard InChI is InChI=1S/C18H22O6/c1-6-18(5,12-7-9-13(10-8-12)22-11(2)19)14-15(20)23-17(3,4)24-16(14)21/h7-10,14H,6H2,1-5H3/t18-/m0/s1. The fourth-order valence-corrected chi connectivity index (χ4v) is 2.88. The maximum atomic E-state index is 12.4. The number of rotatable bonds is 4. The van der Waals surface area contributed by atoms with E-state index in [2.05, 4.69) is 0 Å². The molecule has 24 heavy (non-hydrogen) atoms. The maximum absolute atomic E-state index is 12.4. The summed E-state index contributed by atoms with van der Waals surface area (Å²) in [6.45, 7) is 8.08. The van der Waals surface area contributed by atoms with Crippen LogP contribution >= 0.6 is 0 Å². The van der Waals surface area contributed by atoms with Crippen molar-refractivity contribution >= 4 is 17.9 Å². The van der Waals surface area contributed by atoms with Gasteiger partial charge in [-0.2, -0.15) is 0 Å². The highest BCUT2D eigenvalue weighted by Gasteiger charge is 2.52. The van der Waals surface area contributed by atoms with Crippen LogP contribution in [0.4, 0.5) is 0 Å². The van der Waals surface area contributed by atoms with Crippen molar-refractivity contribution in [2.75, 3.05) is 0 Å². The van der Waals surface area contributed by atoms with Gasteiger partial charge in [-0.15, -0.1) is 0 Å². The van der Waals surface area contributed by atoms with Crippen molar-refractivity contribution in [2.24, 2.45) is 5.92 Å². The molecule has 1 aromatic rings. The molecule has 1 fully saturated rings. The van der Waals surface area contributed by atoms with E-state index in [1.54, 1.807) is 24.3 Å². The Hall–Kier alpha value is -2.37.